The predicted octanol–water partition coefficient (Wildman–Crippen LogP) is 2.12. The summed E-state index contributed by atoms with van der Waals surface area (Å²) < 4.78 is 10.9. The van der Waals surface area contributed by atoms with Crippen molar-refractivity contribution in [2.24, 2.45) is 11.8 Å². The summed E-state index contributed by atoms with van der Waals surface area (Å²) in [7, 11) is 1.63. The predicted molar refractivity (Wildman–Crippen MR) is 79.8 cm³/mol. The number of hydrogen-bond acceptors (Lipinski definition) is 4. The second kappa shape index (κ2) is 7.31. The van der Waals surface area contributed by atoms with Crippen molar-refractivity contribution in [2.75, 3.05) is 33.4 Å². The smallest absolute Gasteiger partial charge is 0.307 e. The van der Waals surface area contributed by atoms with Crippen LogP contribution < -0.4 is 9.47 Å². The Morgan fingerprint density at radius 2 is 2.14 bits per heavy atom. The highest BCUT2D eigenvalue weighted by molar-refractivity contribution is 5.70. The van der Waals surface area contributed by atoms with Gasteiger partial charge in [0, 0.05) is 25.7 Å². The highest BCUT2D eigenvalue weighted by atomic mass is 16.5. The first-order valence-electron chi connectivity index (χ1n) is 7.30. The maximum absolute atomic E-state index is 11.1. The van der Waals surface area contributed by atoms with Gasteiger partial charge < -0.3 is 14.6 Å². The topological polar surface area (TPSA) is 59.0 Å². The number of rotatable bonds is 6. The van der Waals surface area contributed by atoms with E-state index in [1.54, 1.807) is 7.11 Å². The highest BCUT2D eigenvalue weighted by Gasteiger charge is 2.29. The van der Waals surface area contributed by atoms with E-state index in [1.165, 1.54) is 0 Å². The van der Waals surface area contributed by atoms with Gasteiger partial charge in [0.2, 0.25) is 0 Å². The molecule has 0 spiro atoms. The molecular weight excluding hydrogens is 270 g/mol. The molecule has 1 heterocycles. The lowest BCUT2D eigenvalue weighted by atomic mass is 9.90. The third-order valence-corrected chi connectivity index (χ3v) is 3.80. The fourth-order valence-corrected chi connectivity index (χ4v) is 2.81. The van der Waals surface area contributed by atoms with Gasteiger partial charge in [-0.2, -0.15) is 0 Å². The number of nitrogens with zero attached hydrogens (tertiary/aromatic N) is 1. The van der Waals surface area contributed by atoms with E-state index >= 15 is 0 Å². The summed E-state index contributed by atoms with van der Waals surface area (Å²) in [6, 6.07) is 7.49. The van der Waals surface area contributed by atoms with Crippen LogP contribution in [-0.4, -0.2) is 49.3 Å². The zero-order valence-electron chi connectivity index (χ0n) is 12.6. The molecule has 21 heavy (non-hydrogen) atoms. The van der Waals surface area contributed by atoms with Crippen LogP contribution in [0.5, 0.6) is 11.5 Å². The van der Waals surface area contributed by atoms with Gasteiger partial charge in [-0.25, -0.2) is 0 Å². The van der Waals surface area contributed by atoms with E-state index in [1.807, 2.05) is 24.3 Å². The van der Waals surface area contributed by atoms with Gasteiger partial charge in [0.1, 0.15) is 18.1 Å². The third kappa shape index (κ3) is 4.63. The maximum atomic E-state index is 11.1. The summed E-state index contributed by atoms with van der Waals surface area (Å²) in [5.41, 5.74) is 0. The van der Waals surface area contributed by atoms with Crippen molar-refractivity contribution >= 4 is 5.97 Å². The number of hydrogen-bond donors (Lipinski definition) is 1. The minimum Gasteiger partial charge on any atom is -0.497 e. The average molecular weight is 293 g/mol. The number of carboxylic acid groups (broad SMARTS) is 1. The van der Waals surface area contributed by atoms with Gasteiger partial charge in [-0.15, -0.1) is 0 Å². The van der Waals surface area contributed by atoms with E-state index in [2.05, 4.69) is 11.8 Å². The zero-order chi connectivity index (χ0) is 15.2. The Morgan fingerprint density at radius 3 is 2.86 bits per heavy atom. The number of carbonyl (C=O) groups is 1. The molecule has 0 radical (unpaired) electrons. The number of carboxylic acids is 1. The molecule has 0 aliphatic carbocycles. The Balaban J connectivity index is 1.80. The monoisotopic (exact) mass is 293 g/mol. The molecule has 1 aliphatic heterocycles. The van der Waals surface area contributed by atoms with Crippen molar-refractivity contribution < 1.29 is 19.4 Å². The van der Waals surface area contributed by atoms with E-state index in [0.717, 1.165) is 31.0 Å². The van der Waals surface area contributed by atoms with Crippen molar-refractivity contribution in [3.8, 4) is 11.5 Å². The number of aliphatic carboxylic acids is 1. The van der Waals surface area contributed by atoms with Crippen molar-refractivity contribution in [2.45, 2.75) is 13.3 Å². The van der Waals surface area contributed by atoms with Gasteiger partial charge in [0.25, 0.3) is 0 Å². The molecule has 1 aromatic carbocycles. The molecular formula is C16H23NO4. The van der Waals surface area contributed by atoms with Crippen LogP contribution >= 0.6 is 0 Å². The molecule has 1 aliphatic rings. The quantitative estimate of drug-likeness (QED) is 0.870. The Labute approximate surface area is 125 Å². The van der Waals surface area contributed by atoms with Gasteiger partial charge in [0.15, 0.2) is 0 Å². The molecule has 5 heteroatoms. The Kier molecular flexibility index (Phi) is 5.44. The van der Waals surface area contributed by atoms with Crippen LogP contribution in [0.4, 0.5) is 0 Å². The number of ether oxygens (including phenoxy) is 2. The van der Waals surface area contributed by atoms with E-state index in [4.69, 9.17) is 14.6 Å². The molecule has 2 unspecified atom stereocenters. The van der Waals surface area contributed by atoms with E-state index in [9.17, 15) is 4.79 Å². The Morgan fingerprint density at radius 1 is 1.38 bits per heavy atom. The first-order chi connectivity index (χ1) is 10.1. The first kappa shape index (κ1) is 15.6. The van der Waals surface area contributed by atoms with E-state index < -0.39 is 5.97 Å². The Bertz CT molecular complexity index is 477. The van der Waals surface area contributed by atoms with E-state index in [-0.39, 0.29) is 5.92 Å². The molecule has 1 saturated heterocycles. The third-order valence-electron chi connectivity index (χ3n) is 3.80. The number of methoxy groups -OCH3 is 1. The van der Waals surface area contributed by atoms with Crippen LogP contribution in [0.15, 0.2) is 24.3 Å². The van der Waals surface area contributed by atoms with Gasteiger partial charge >= 0.3 is 5.97 Å². The fraction of sp³-hybridized carbons (Fsp3) is 0.562. The van der Waals surface area contributed by atoms with Gasteiger partial charge in [0.05, 0.1) is 13.0 Å². The molecule has 1 N–H and O–H groups in total. The molecule has 0 aromatic heterocycles. The normalized spacial score (nSPS) is 22.8. The zero-order valence-corrected chi connectivity index (χ0v) is 12.6. The lowest BCUT2D eigenvalue weighted by Crippen LogP contribution is -2.44. The SMILES string of the molecule is COc1cccc(OCCN2CC(C)CC(C(=O)O)C2)c1. The van der Waals surface area contributed by atoms with Crippen LogP contribution in [0.3, 0.4) is 0 Å². The molecule has 0 saturated carbocycles. The van der Waals surface area contributed by atoms with Crippen LogP contribution in [0.1, 0.15) is 13.3 Å². The summed E-state index contributed by atoms with van der Waals surface area (Å²) in [5, 5.41) is 9.16. The second-order valence-electron chi connectivity index (χ2n) is 5.66. The molecule has 116 valence electrons. The fourth-order valence-electron chi connectivity index (χ4n) is 2.81. The van der Waals surface area contributed by atoms with Gasteiger partial charge in [-0.3, -0.25) is 9.69 Å². The lowest BCUT2D eigenvalue weighted by Gasteiger charge is -2.34. The largest absolute Gasteiger partial charge is 0.497 e. The van der Waals surface area contributed by atoms with Gasteiger partial charge in [-0.05, 0) is 24.5 Å². The van der Waals surface area contributed by atoms with Crippen LogP contribution in [0, 0.1) is 11.8 Å². The lowest BCUT2D eigenvalue weighted by molar-refractivity contribution is -0.144. The number of piperidine rings is 1. The summed E-state index contributed by atoms with van der Waals surface area (Å²) in [6.07, 6.45) is 0.766. The number of benzene rings is 1. The standard InChI is InChI=1S/C16H23NO4/c1-12-8-13(16(18)19)11-17(10-12)6-7-21-15-5-3-4-14(9-15)20-2/h3-5,9,12-13H,6-8,10-11H2,1-2H3,(H,18,19). The summed E-state index contributed by atoms with van der Waals surface area (Å²) in [6.45, 7) is 4.94. The van der Waals surface area contributed by atoms with Crippen LogP contribution in [0.25, 0.3) is 0 Å². The Hall–Kier alpha value is -1.75. The van der Waals surface area contributed by atoms with E-state index in [0.29, 0.717) is 19.1 Å². The summed E-state index contributed by atoms with van der Waals surface area (Å²) >= 11 is 0. The second-order valence-corrected chi connectivity index (χ2v) is 5.66. The minimum atomic E-state index is -0.694. The van der Waals surface area contributed by atoms with Crippen molar-refractivity contribution in [3.05, 3.63) is 24.3 Å². The summed E-state index contributed by atoms with van der Waals surface area (Å²) in [4.78, 5) is 13.3. The highest BCUT2D eigenvalue weighted by Crippen LogP contribution is 2.22. The molecule has 1 aromatic rings. The first-order valence-corrected chi connectivity index (χ1v) is 7.30. The van der Waals surface area contributed by atoms with Crippen LogP contribution in [0.2, 0.25) is 0 Å². The molecule has 5 nitrogen and oxygen atoms in total. The minimum absolute atomic E-state index is 0.259. The van der Waals surface area contributed by atoms with Gasteiger partial charge in [-0.1, -0.05) is 13.0 Å². The summed E-state index contributed by atoms with van der Waals surface area (Å²) in [5.74, 6) is 1.00. The average Bonchev–Trinajstić information content (AvgIpc) is 2.47. The van der Waals surface area contributed by atoms with Crippen LogP contribution in [-0.2, 0) is 4.79 Å². The molecule has 0 amide bonds. The van der Waals surface area contributed by atoms with Crippen molar-refractivity contribution in [1.82, 2.24) is 4.90 Å². The molecule has 2 atom stereocenters. The molecule has 0 bridgehead atoms. The van der Waals surface area contributed by atoms with Crippen molar-refractivity contribution in [3.63, 3.8) is 0 Å². The van der Waals surface area contributed by atoms with Crippen molar-refractivity contribution in [1.29, 1.82) is 0 Å². The maximum Gasteiger partial charge on any atom is 0.307 e. The molecule has 1 fully saturated rings. The number of likely N-dealkylation sites (tertiary alicyclic amines) is 1. The molecule has 2 rings (SSSR count).